The second kappa shape index (κ2) is 4.91. The molecule has 0 radical (unpaired) electrons. The molecule has 0 bridgehead atoms. The number of hydrogen-bond donors (Lipinski definition) is 1. The molecule has 88 valence electrons. The number of benzene rings is 2. The number of halogens is 1. The molecule has 0 aliphatic rings. The molecule has 2 aromatic carbocycles. The molecule has 2 aromatic rings. The van der Waals surface area contributed by atoms with E-state index in [1.165, 1.54) is 11.1 Å². The molecule has 17 heavy (non-hydrogen) atoms. The van der Waals surface area contributed by atoms with Crippen molar-refractivity contribution >= 4 is 11.6 Å². The van der Waals surface area contributed by atoms with Gasteiger partial charge in [-0.05, 0) is 42.7 Å². The predicted octanol–water partition coefficient (Wildman–Crippen LogP) is 4.00. The Morgan fingerprint density at radius 2 is 1.82 bits per heavy atom. The quantitative estimate of drug-likeness (QED) is 0.850. The Morgan fingerprint density at radius 3 is 2.53 bits per heavy atom. The van der Waals surface area contributed by atoms with Crippen LogP contribution in [0.4, 0.5) is 0 Å². The predicted molar refractivity (Wildman–Crippen MR) is 73.4 cm³/mol. The van der Waals surface area contributed by atoms with Crippen molar-refractivity contribution < 1.29 is 0 Å². The molecule has 1 atom stereocenters. The van der Waals surface area contributed by atoms with Crippen molar-refractivity contribution in [3.63, 3.8) is 0 Å². The van der Waals surface area contributed by atoms with E-state index in [0.29, 0.717) is 0 Å². The summed E-state index contributed by atoms with van der Waals surface area (Å²) in [5, 5.41) is 0.730. The Hall–Kier alpha value is -1.31. The van der Waals surface area contributed by atoms with Gasteiger partial charge >= 0.3 is 0 Å². The van der Waals surface area contributed by atoms with Crippen LogP contribution >= 0.6 is 11.6 Å². The maximum Gasteiger partial charge on any atom is 0.0554 e. The average molecular weight is 246 g/mol. The normalized spacial score (nSPS) is 12.5. The lowest BCUT2D eigenvalue weighted by Crippen LogP contribution is -2.13. The monoisotopic (exact) mass is 245 g/mol. The Morgan fingerprint density at radius 1 is 1.06 bits per heavy atom. The lowest BCUT2D eigenvalue weighted by Gasteiger charge is -2.16. The summed E-state index contributed by atoms with van der Waals surface area (Å²) in [6.45, 7) is 4.13. The molecule has 2 heteroatoms. The van der Waals surface area contributed by atoms with E-state index in [2.05, 4.69) is 32.0 Å². The first-order valence-electron chi connectivity index (χ1n) is 5.66. The largest absolute Gasteiger partial charge is 0.320 e. The van der Waals surface area contributed by atoms with Crippen LogP contribution in [-0.2, 0) is 0 Å². The number of aryl methyl sites for hydroxylation is 2. The zero-order chi connectivity index (χ0) is 12.4. The van der Waals surface area contributed by atoms with Gasteiger partial charge in [-0.1, -0.05) is 47.5 Å². The van der Waals surface area contributed by atoms with Crippen molar-refractivity contribution in [2.24, 2.45) is 5.73 Å². The highest BCUT2D eigenvalue weighted by atomic mass is 35.5. The van der Waals surface area contributed by atoms with E-state index < -0.39 is 0 Å². The van der Waals surface area contributed by atoms with Crippen molar-refractivity contribution in [3.8, 4) is 0 Å². The molecule has 0 amide bonds. The van der Waals surface area contributed by atoms with E-state index in [4.69, 9.17) is 17.3 Å². The van der Waals surface area contributed by atoms with Crippen LogP contribution in [0.25, 0.3) is 0 Å². The molecule has 0 fully saturated rings. The van der Waals surface area contributed by atoms with Crippen LogP contribution in [0.2, 0.25) is 5.02 Å². The SMILES string of the molecule is Cc1cccc(C(N)c2cc(Cl)ccc2C)c1. The van der Waals surface area contributed by atoms with Crippen molar-refractivity contribution in [2.45, 2.75) is 19.9 Å². The first-order valence-corrected chi connectivity index (χ1v) is 6.04. The molecular formula is C15H16ClN. The third-order valence-corrected chi connectivity index (χ3v) is 3.21. The van der Waals surface area contributed by atoms with Gasteiger partial charge in [-0.25, -0.2) is 0 Å². The third-order valence-electron chi connectivity index (χ3n) is 2.98. The van der Waals surface area contributed by atoms with Gasteiger partial charge in [0.15, 0.2) is 0 Å². The van der Waals surface area contributed by atoms with Gasteiger partial charge in [-0.15, -0.1) is 0 Å². The van der Waals surface area contributed by atoms with E-state index in [-0.39, 0.29) is 6.04 Å². The van der Waals surface area contributed by atoms with Gasteiger partial charge in [-0.2, -0.15) is 0 Å². The second-order valence-corrected chi connectivity index (χ2v) is 4.83. The highest BCUT2D eigenvalue weighted by Gasteiger charge is 2.11. The zero-order valence-electron chi connectivity index (χ0n) is 10.1. The topological polar surface area (TPSA) is 26.0 Å². The molecule has 1 nitrogen and oxygen atoms in total. The summed E-state index contributed by atoms with van der Waals surface area (Å²) in [4.78, 5) is 0. The summed E-state index contributed by atoms with van der Waals surface area (Å²) < 4.78 is 0. The van der Waals surface area contributed by atoms with Gasteiger partial charge in [0.05, 0.1) is 6.04 Å². The van der Waals surface area contributed by atoms with Crippen LogP contribution in [0.5, 0.6) is 0 Å². The van der Waals surface area contributed by atoms with E-state index in [0.717, 1.165) is 16.1 Å². The summed E-state index contributed by atoms with van der Waals surface area (Å²) >= 11 is 6.02. The minimum atomic E-state index is -0.117. The fourth-order valence-electron chi connectivity index (χ4n) is 1.99. The molecule has 0 heterocycles. The van der Waals surface area contributed by atoms with E-state index in [1.54, 1.807) is 0 Å². The van der Waals surface area contributed by atoms with Gasteiger partial charge in [0.1, 0.15) is 0 Å². The maximum absolute atomic E-state index is 6.30. The van der Waals surface area contributed by atoms with Crippen molar-refractivity contribution in [1.29, 1.82) is 0 Å². The van der Waals surface area contributed by atoms with Gasteiger partial charge in [0, 0.05) is 5.02 Å². The molecule has 0 aliphatic heterocycles. The van der Waals surface area contributed by atoms with Crippen LogP contribution in [0.1, 0.15) is 28.3 Å². The maximum atomic E-state index is 6.30. The summed E-state index contributed by atoms with van der Waals surface area (Å²) in [6, 6.07) is 14.0. The molecule has 0 aromatic heterocycles. The zero-order valence-corrected chi connectivity index (χ0v) is 10.8. The highest BCUT2D eigenvalue weighted by molar-refractivity contribution is 6.30. The Labute approximate surface area is 107 Å². The van der Waals surface area contributed by atoms with Crippen LogP contribution in [0, 0.1) is 13.8 Å². The summed E-state index contributed by atoms with van der Waals surface area (Å²) in [6.07, 6.45) is 0. The lowest BCUT2D eigenvalue weighted by molar-refractivity contribution is 0.860. The first kappa shape index (κ1) is 12.2. The van der Waals surface area contributed by atoms with Crippen molar-refractivity contribution in [2.75, 3.05) is 0 Å². The van der Waals surface area contributed by atoms with Gasteiger partial charge in [0.25, 0.3) is 0 Å². The smallest absolute Gasteiger partial charge is 0.0554 e. The summed E-state index contributed by atoms with van der Waals surface area (Å²) in [7, 11) is 0. The van der Waals surface area contributed by atoms with Gasteiger partial charge in [-0.3, -0.25) is 0 Å². The van der Waals surface area contributed by atoms with Crippen LogP contribution < -0.4 is 5.73 Å². The van der Waals surface area contributed by atoms with Crippen molar-refractivity contribution in [1.82, 2.24) is 0 Å². The Bertz CT molecular complexity index is 534. The first-order chi connectivity index (χ1) is 8.08. The van der Waals surface area contributed by atoms with Crippen LogP contribution in [0.3, 0.4) is 0 Å². The molecule has 0 saturated carbocycles. The molecule has 0 saturated heterocycles. The minimum Gasteiger partial charge on any atom is -0.320 e. The Kier molecular flexibility index (Phi) is 3.51. The lowest BCUT2D eigenvalue weighted by atomic mass is 9.95. The second-order valence-electron chi connectivity index (χ2n) is 4.39. The van der Waals surface area contributed by atoms with Gasteiger partial charge in [0.2, 0.25) is 0 Å². The molecule has 2 rings (SSSR count). The summed E-state index contributed by atoms with van der Waals surface area (Å²) in [5.74, 6) is 0. The van der Waals surface area contributed by atoms with Gasteiger partial charge < -0.3 is 5.73 Å². The molecular weight excluding hydrogens is 230 g/mol. The summed E-state index contributed by atoms with van der Waals surface area (Å²) in [5.41, 5.74) is 10.9. The molecule has 0 aliphatic carbocycles. The van der Waals surface area contributed by atoms with E-state index >= 15 is 0 Å². The average Bonchev–Trinajstić information content (AvgIpc) is 2.31. The third kappa shape index (κ3) is 2.68. The fourth-order valence-corrected chi connectivity index (χ4v) is 2.17. The Balaban J connectivity index is 2.43. The van der Waals surface area contributed by atoms with E-state index in [1.807, 2.05) is 24.3 Å². The number of hydrogen-bond acceptors (Lipinski definition) is 1. The van der Waals surface area contributed by atoms with E-state index in [9.17, 15) is 0 Å². The fraction of sp³-hybridized carbons (Fsp3) is 0.200. The molecule has 0 spiro atoms. The van der Waals surface area contributed by atoms with Crippen LogP contribution in [0.15, 0.2) is 42.5 Å². The van der Waals surface area contributed by atoms with Crippen molar-refractivity contribution in [3.05, 3.63) is 69.7 Å². The minimum absolute atomic E-state index is 0.117. The number of nitrogens with two attached hydrogens (primary N) is 1. The number of rotatable bonds is 2. The molecule has 1 unspecified atom stereocenters. The molecule has 2 N–H and O–H groups in total. The van der Waals surface area contributed by atoms with Crippen LogP contribution in [-0.4, -0.2) is 0 Å². The standard InChI is InChI=1S/C15H16ClN/c1-10-4-3-5-12(8-10)15(17)14-9-13(16)7-6-11(14)2/h3-9,15H,17H2,1-2H3. The highest BCUT2D eigenvalue weighted by Crippen LogP contribution is 2.25.